The Kier molecular flexibility index (Phi) is 8.62. The van der Waals surface area contributed by atoms with Crippen LogP contribution in [0.4, 0.5) is 0 Å². The molecule has 8 heteroatoms. The minimum atomic E-state index is -0.212. The summed E-state index contributed by atoms with van der Waals surface area (Å²) in [6.07, 6.45) is 1.83. The molecule has 0 spiro atoms. The fraction of sp³-hybridized carbons (Fsp3) is 0.208. The van der Waals surface area contributed by atoms with Gasteiger partial charge >= 0.3 is 0 Å². The van der Waals surface area contributed by atoms with Gasteiger partial charge < -0.3 is 20.1 Å². The van der Waals surface area contributed by atoms with Crippen LogP contribution >= 0.6 is 15.9 Å². The molecule has 0 saturated heterocycles. The number of amides is 2. The van der Waals surface area contributed by atoms with Crippen molar-refractivity contribution in [2.75, 3.05) is 13.2 Å². The van der Waals surface area contributed by atoms with Crippen LogP contribution in [0.3, 0.4) is 0 Å². The molecule has 2 amide bonds. The van der Waals surface area contributed by atoms with Crippen LogP contribution in [-0.2, 0) is 11.3 Å². The van der Waals surface area contributed by atoms with Gasteiger partial charge in [-0.2, -0.15) is 0 Å². The van der Waals surface area contributed by atoms with E-state index in [0.717, 1.165) is 10.0 Å². The molecule has 32 heavy (non-hydrogen) atoms. The summed E-state index contributed by atoms with van der Waals surface area (Å²) in [5, 5.41) is 5.56. The van der Waals surface area contributed by atoms with Gasteiger partial charge in [-0.3, -0.25) is 9.59 Å². The van der Waals surface area contributed by atoms with Crippen molar-refractivity contribution in [3.8, 4) is 17.4 Å². The summed E-state index contributed by atoms with van der Waals surface area (Å²) in [5.74, 6) is 1.31. The second-order valence-corrected chi connectivity index (χ2v) is 7.69. The molecule has 0 aliphatic carbocycles. The van der Waals surface area contributed by atoms with Crippen molar-refractivity contribution in [1.82, 2.24) is 15.6 Å². The molecule has 0 bridgehead atoms. The first kappa shape index (κ1) is 23.3. The highest BCUT2D eigenvalue weighted by molar-refractivity contribution is 9.10. The van der Waals surface area contributed by atoms with E-state index in [4.69, 9.17) is 9.47 Å². The zero-order chi connectivity index (χ0) is 22.8. The molecule has 166 valence electrons. The lowest BCUT2D eigenvalue weighted by Crippen LogP contribution is -2.30. The highest BCUT2D eigenvalue weighted by atomic mass is 79.9. The molecule has 0 saturated carbocycles. The minimum absolute atomic E-state index is 0.160. The molecule has 3 rings (SSSR count). The van der Waals surface area contributed by atoms with Gasteiger partial charge in [0.15, 0.2) is 11.5 Å². The van der Waals surface area contributed by atoms with E-state index in [1.807, 2.05) is 37.3 Å². The topological polar surface area (TPSA) is 89.5 Å². The number of nitrogens with zero attached hydrogens (tertiary/aromatic N) is 1. The SMILES string of the molecule is CCOc1ccccc1Oc1ccc(CNC(=O)CCNC(=O)c2ccc(Br)cc2)cn1. The van der Waals surface area contributed by atoms with E-state index in [9.17, 15) is 9.59 Å². The van der Waals surface area contributed by atoms with Crippen molar-refractivity contribution in [2.24, 2.45) is 0 Å². The Hall–Kier alpha value is -3.39. The molecule has 2 aromatic carbocycles. The van der Waals surface area contributed by atoms with Gasteiger partial charge in [-0.1, -0.05) is 34.1 Å². The predicted octanol–water partition coefficient (Wildman–Crippen LogP) is 4.47. The smallest absolute Gasteiger partial charge is 0.251 e. The van der Waals surface area contributed by atoms with Gasteiger partial charge in [-0.05, 0) is 48.9 Å². The molecule has 7 nitrogen and oxygen atoms in total. The Bertz CT molecular complexity index is 1040. The van der Waals surface area contributed by atoms with Crippen LogP contribution in [0, 0.1) is 0 Å². The van der Waals surface area contributed by atoms with E-state index in [2.05, 4.69) is 31.5 Å². The summed E-state index contributed by atoms with van der Waals surface area (Å²) in [6, 6.07) is 18.0. The Morgan fingerprint density at radius 2 is 1.72 bits per heavy atom. The number of carbonyl (C=O) groups is 2. The van der Waals surface area contributed by atoms with Crippen LogP contribution in [0.1, 0.15) is 29.3 Å². The summed E-state index contributed by atoms with van der Waals surface area (Å²) in [4.78, 5) is 28.4. The number of hydrogen-bond donors (Lipinski definition) is 2. The number of aromatic nitrogens is 1. The number of benzene rings is 2. The van der Waals surface area contributed by atoms with Gasteiger partial charge in [0, 0.05) is 41.8 Å². The summed E-state index contributed by atoms with van der Waals surface area (Å²) in [7, 11) is 0. The zero-order valence-corrected chi connectivity index (χ0v) is 19.2. The molecule has 3 aromatic rings. The first-order valence-electron chi connectivity index (χ1n) is 10.2. The van der Waals surface area contributed by atoms with Gasteiger partial charge in [-0.25, -0.2) is 4.98 Å². The van der Waals surface area contributed by atoms with Crippen LogP contribution in [0.5, 0.6) is 17.4 Å². The third-order valence-corrected chi connectivity index (χ3v) is 4.92. The van der Waals surface area contributed by atoms with Crippen molar-refractivity contribution >= 4 is 27.7 Å². The molecule has 0 aliphatic rings. The lowest BCUT2D eigenvalue weighted by atomic mass is 10.2. The zero-order valence-electron chi connectivity index (χ0n) is 17.6. The van der Waals surface area contributed by atoms with Crippen molar-refractivity contribution < 1.29 is 19.1 Å². The van der Waals surface area contributed by atoms with E-state index < -0.39 is 0 Å². The van der Waals surface area contributed by atoms with Gasteiger partial charge in [0.2, 0.25) is 11.8 Å². The monoisotopic (exact) mass is 497 g/mol. The van der Waals surface area contributed by atoms with Crippen molar-refractivity contribution in [2.45, 2.75) is 19.9 Å². The molecule has 0 aliphatic heterocycles. The first-order valence-corrected chi connectivity index (χ1v) is 11.0. The number of hydrogen-bond acceptors (Lipinski definition) is 5. The van der Waals surface area contributed by atoms with Crippen LogP contribution in [0.25, 0.3) is 0 Å². The summed E-state index contributed by atoms with van der Waals surface area (Å²) in [6.45, 7) is 3.04. The highest BCUT2D eigenvalue weighted by Crippen LogP contribution is 2.30. The molecule has 1 heterocycles. The number of nitrogens with one attached hydrogen (secondary N) is 2. The maximum Gasteiger partial charge on any atom is 0.251 e. The predicted molar refractivity (Wildman–Crippen MR) is 125 cm³/mol. The van der Waals surface area contributed by atoms with Crippen LogP contribution in [-0.4, -0.2) is 29.9 Å². The largest absolute Gasteiger partial charge is 0.490 e. The fourth-order valence-electron chi connectivity index (χ4n) is 2.78. The van der Waals surface area contributed by atoms with E-state index >= 15 is 0 Å². The number of para-hydroxylation sites is 2. The number of ether oxygens (including phenoxy) is 2. The summed E-state index contributed by atoms with van der Waals surface area (Å²) in [5.41, 5.74) is 1.38. The van der Waals surface area contributed by atoms with Crippen LogP contribution < -0.4 is 20.1 Å². The van der Waals surface area contributed by atoms with Crippen molar-refractivity contribution in [3.05, 3.63) is 82.5 Å². The molecule has 1 aromatic heterocycles. The molecule has 0 unspecified atom stereocenters. The first-order chi connectivity index (χ1) is 15.5. The Morgan fingerprint density at radius 3 is 2.41 bits per heavy atom. The average molecular weight is 498 g/mol. The highest BCUT2D eigenvalue weighted by Gasteiger charge is 2.08. The molecular formula is C24H24BrN3O4. The number of pyridine rings is 1. The third kappa shape index (κ3) is 7.09. The fourth-order valence-corrected chi connectivity index (χ4v) is 3.04. The Morgan fingerprint density at radius 1 is 0.969 bits per heavy atom. The lowest BCUT2D eigenvalue weighted by molar-refractivity contribution is -0.121. The molecule has 2 N–H and O–H groups in total. The van der Waals surface area contributed by atoms with Gasteiger partial charge in [-0.15, -0.1) is 0 Å². The Labute approximate surface area is 195 Å². The maximum atomic E-state index is 12.1. The van der Waals surface area contributed by atoms with Crippen LogP contribution in [0.2, 0.25) is 0 Å². The van der Waals surface area contributed by atoms with Gasteiger partial charge in [0.25, 0.3) is 5.91 Å². The van der Waals surface area contributed by atoms with E-state index in [0.29, 0.717) is 36.1 Å². The molecule has 0 fully saturated rings. The van der Waals surface area contributed by atoms with Crippen molar-refractivity contribution in [1.29, 1.82) is 0 Å². The number of carbonyl (C=O) groups excluding carboxylic acids is 2. The number of rotatable bonds is 10. The van der Waals surface area contributed by atoms with Crippen molar-refractivity contribution in [3.63, 3.8) is 0 Å². The molecule has 0 atom stereocenters. The molecule has 0 radical (unpaired) electrons. The third-order valence-electron chi connectivity index (χ3n) is 4.39. The maximum absolute atomic E-state index is 12.1. The van der Waals surface area contributed by atoms with Crippen LogP contribution in [0.15, 0.2) is 71.3 Å². The second kappa shape index (κ2) is 11.9. The van der Waals surface area contributed by atoms with E-state index in [1.165, 1.54) is 0 Å². The van der Waals surface area contributed by atoms with E-state index in [-0.39, 0.29) is 24.8 Å². The minimum Gasteiger partial charge on any atom is -0.490 e. The van der Waals surface area contributed by atoms with Gasteiger partial charge in [0.05, 0.1) is 6.61 Å². The standard InChI is InChI=1S/C24H24BrN3O4/c1-2-31-20-5-3-4-6-21(20)32-23-12-7-17(16-28-23)15-27-22(29)13-14-26-24(30)18-8-10-19(25)11-9-18/h3-12,16H,2,13-15H2,1H3,(H,26,30)(H,27,29). The Balaban J connectivity index is 1.41. The molecular weight excluding hydrogens is 474 g/mol. The average Bonchev–Trinajstić information content (AvgIpc) is 2.80. The lowest BCUT2D eigenvalue weighted by Gasteiger charge is -2.11. The summed E-state index contributed by atoms with van der Waals surface area (Å²) < 4.78 is 12.2. The summed E-state index contributed by atoms with van der Waals surface area (Å²) >= 11 is 3.33. The quantitative estimate of drug-likeness (QED) is 0.431. The van der Waals surface area contributed by atoms with Gasteiger partial charge in [0.1, 0.15) is 0 Å². The van der Waals surface area contributed by atoms with E-state index in [1.54, 1.807) is 36.5 Å². The second-order valence-electron chi connectivity index (χ2n) is 6.78. The number of halogens is 1. The normalized spacial score (nSPS) is 10.3.